The zero-order valence-corrected chi connectivity index (χ0v) is 18.1. The van der Waals surface area contributed by atoms with E-state index in [1.54, 1.807) is 0 Å². The lowest BCUT2D eigenvalue weighted by molar-refractivity contribution is 0.319. The van der Waals surface area contributed by atoms with Crippen molar-refractivity contribution in [2.24, 2.45) is 5.92 Å². The van der Waals surface area contributed by atoms with Crippen molar-refractivity contribution in [2.45, 2.75) is 77.6 Å². The fourth-order valence-electron chi connectivity index (χ4n) is 4.11. The molecular weight excluding hydrogens is 348 g/mol. The van der Waals surface area contributed by atoms with Crippen LogP contribution in [0.3, 0.4) is 0 Å². The zero-order valence-electron chi connectivity index (χ0n) is 18.1. The summed E-state index contributed by atoms with van der Waals surface area (Å²) in [5.74, 6) is 14.8. The highest BCUT2D eigenvalue weighted by molar-refractivity contribution is 5.44. The van der Waals surface area contributed by atoms with E-state index in [0.717, 1.165) is 35.8 Å². The maximum Gasteiger partial charge on any atom is 0.0340 e. The van der Waals surface area contributed by atoms with Crippen LogP contribution < -0.4 is 0 Å². The Morgan fingerprint density at radius 2 is 1.38 bits per heavy atom. The summed E-state index contributed by atoms with van der Waals surface area (Å²) in [6.45, 7) is 4.53. The SMILES string of the molecule is CCCCC#CCc1ccc(C#Cc2ccc(C3CCC(CC)CC3)cc2)cc1. The van der Waals surface area contributed by atoms with Gasteiger partial charge in [0.05, 0.1) is 0 Å². The molecule has 1 aliphatic carbocycles. The van der Waals surface area contributed by atoms with Crippen LogP contribution in [0.4, 0.5) is 0 Å². The Morgan fingerprint density at radius 1 is 0.759 bits per heavy atom. The topological polar surface area (TPSA) is 0 Å². The predicted molar refractivity (Wildman–Crippen MR) is 125 cm³/mol. The van der Waals surface area contributed by atoms with Crippen molar-refractivity contribution in [1.29, 1.82) is 0 Å². The van der Waals surface area contributed by atoms with Crippen LogP contribution in [-0.4, -0.2) is 0 Å². The van der Waals surface area contributed by atoms with Crippen LogP contribution in [0.25, 0.3) is 0 Å². The van der Waals surface area contributed by atoms with E-state index in [4.69, 9.17) is 0 Å². The summed E-state index contributed by atoms with van der Waals surface area (Å²) in [7, 11) is 0. The number of unbranched alkanes of at least 4 members (excludes halogenated alkanes) is 2. The normalized spacial score (nSPS) is 18.3. The number of hydrogen-bond donors (Lipinski definition) is 0. The highest BCUT2D eigenvalue weighted by Gasteiger charge is 2.20. The van der Waals surface area contributed by atoms with Crippen molar-refractivity contribution >= 4 is 0 Å². The maximum absolute atomic E-state index is 3.32. The molecule has 0 radical (unpaired) electrons. The first-order valence-electron chi connectivity index (χ1n) is 11.4. The third-order valence-corrected chi connectivity index (χ3v) is 6.18. The molecule has 2 aromatic rings. The monoisotopic (exact) mass is 382 g/mol. The van der Waals surface area contributed by atoms with E-state index < -0.39 is 0 Å². The number of benzene rings is 2. The van der Waals surface area contributed by atoms with Crippen LogP contribution in [0.2, 0.25) is 0 Å². The van der Waals surface area contributed by atoms with Crippen molar-refractivity contribution in [3.05, 3.63) is 70.8 Å². The fraction of sp³-hybridized carbons (Fsp3) is 0.448. The van der Waals surface area contributed by atoms with E-state index in [0.29, 0.717) is 0 Å². The van der Waals surface area contributed by atoms with Crippen LogP contribution in [0.15, 0.2) is 48.5 Å². The Labute approximate surface area is 178 Å². The summed E-state index contributed by atoms with van der Waals surface area (Å²) in [6.07, 6.45) is 11.1. The van der Waals surface area contributed by atoms with Gasteiger partial charge in [-0.2, -0.15) is 0 Å². The Balaban J connectivity index is 1.53. The second kappa shape index (κ2) is 11.5. The summed E-state index contributed by atoms with van der Waals surface area (Å²) in [4.78, 5) is 0. The molecule has 1 fully saturated rings. The first-order chi connectivity index (χ1) is 14.3. The molecule has 0 nitrogen and oxygen atoms in total. The molecule has 0 aliphatic heterocycles. The second-order valence-electron chi connectivity index (χ2n) is 8.33. The van der Waals surface area contributed by atoms with Gasteiger partial charge in [0.15, 0.2) is 0 Å². The smallest absolute Gasteiger partial charge is 0.0340 e. The largest absolute Gasteiger partial charge is 0.103 e. The molecule has 0 aromatic heterocycles. The third-order valence-electron chi connectivity index (χ3n) is 6.18. The van der Waals surface area contributed by atoms with Crippen molar-refractivity contribution in [3.63, 3.8) is 0 Å². The Morgan fingerprint density at radius 3 is 1.97 bits per heavy atom. The van der Waals surface area contributed by atoms with Gasteiger partial charge in [-0.05, 0) is 79.3 Å². The molecule has 0 bridgehead atoms. The third kappa shape index (κ3) is 6.84. The van der Waals surface area contributed by atoms with Crippen molar-refractivity contribution in [2.75, 3.05) is 0 Å². The Kier molecular flexibility index (Phi) is 8.46. The van der Waals surface area contributed by atoms with Gasteiger partial charge in [0.2, 0.25) is 0 Å². The first-order valence-corrected chi connectivity index (χ1v) is 11.4. The minimum absolute atomic E-state index is 0.748. The molecule has 0 N–H and O–H groups in total. The van der Waals surface area contributed by atoms with Crippen LogP contribution in [0.1, 0.15) is 93.4 Å². The minimum Gasteiger partial charge on any atom is -0.103 e. The second-order valence-corrected chi connectivity index (χ2v) is 8.33. The lowest BCUT2D eigenvalue weighted by Crippen LogP contribution is -2.12. The van der Waals surface area contributed by atoms with Gasteiger partial charge in [-0.15, -0.1) is 5.92 Å². The molecule has 0 amide bonds. The van der Waals surface area contributed by atoms with Crippen LogP contribution in [0.5, 0.6) is 0 Å². The lowest BCUT2D eigenvalue weighted by Gasteiger charge is -2.28. The molecular formula is C29H34. The van der Waals surface area contributed by atoms with Crippen molar-refractivity contribution < 1.29 is 0 Å². The summed E-state index contributed by atoms with van der Waals surface area (Å²) >= 11 is 0. The highest BCUT2D eigenvalue weighted by Crippen LogP contribution is 2.36. The number of rotatable bonds is 5. The molecule has 1 aliphatic rings. The standard InChI is InChI=1S/C29H34/c1-3-5-6-7-8-9-25-10-12-26(13-11-25)14-15-27-18-22-29(23-19-27)28-20-16-24(4-2)17-21-28/h10-13,18-19,22-24,28H,3-6,9,16-17,20-21H2,1-2H3. The van der Waals surface area contributed by atoms with Gasteiger partial charge >= 0.3 is 0 Å². The molecule has 2 aromatic carbocycles. The molecule has 0 spiro atoms. The quantitative estimate of drug-likeness (QED) is 0.371. The van der Waals surface area contributed by atoms with Crippen molar-refractivity contribution in [1.82, 2.24) is 0 Å². The van der Waals surface area contributed by atoms with Gasteiger partial charge < -0.3 is 0 Å². The number of hydrogen-bond acceptors (Lipinski definition) is 0. The molecule has 150 valence electrons. The van der Waals surface area contributed by atoms with E-state index in [1.807, 2.05) is 0 Å². The molecule has 1 saturated carbocycles. The van der Waals surface area contributed by atoms with Gasteiger partial charge in [-0.25, -0.2) is 0 Å². The van der Waals surface area contributed by atoms with Gasteiger partial charge in [0, 0.05) is 24.0 Å². The van der Waals surface area contributed by atoms with E-state index in [-0.39, 0.29) is 0 Å². The summed E-state index contributed by atoms with van der Waals surface area (Å²) in [5.41, 5.74) is 4.92. The van der Waals surface area contributed by atoms with Gasteiger partial charge in [-0.3, -0.25) is 0 Å². The zero-order chi connectivity index (χ0) is 20.3. The first kappa shape index (κ1) is 21.3. The van der Waals surface area contributed by atoms with Crippen molar-refractivity contribution in [3.8, 4) is 23.7 Å². The lowest BCUT2D eigenvalue weighted by atomic mass is 9.78. The molecule has 0 heteroatoms. The minimum atomic E-state index is 0.748. The average Bonchev–Trinajstić information content (AvgIpc) is 2.79. The van der Waals surface area contributed by atoms with Crippen LogP contribution >= 0.6 is 0 Å². The Hall–Kier alpha value is -2.44. The van der Waals surface area contributed by atoms with Gasteiger partial charge in [0.25, 0.3) is 0 Å². The fourth-order valence-corrected chi connectivity index (χ4v) is 4.11. The summed E-state index contributed by atoms with van der Waals surface area (Å²) in [6, 6.07) is 17.5. The highest BCUT2D eigenvalue weighted by atomic mass is 14.3. The molecule has 0 unspecified atom stereocenters. The van der Waals surface area contributed by atoms with E-state index in [1.165, 1.54) is 56.1 Å². The van der Waals surface area contributed by atoms with Crippen LogP contribution in [0, 0.1) is 29.6 Å². The molecule has 0 saturated heterocycles. The average molecular weight is 383 g/mol. The van der Waals surface area contributed by atoms with E-state index in [2.05, 4.69) is 86.1 Å². The van der Waals surface area contributed by atoms with E-state index in [9.17, 15) is 0 Å². The summed E-state index contributed by atoms with van der Waals surface area (Å²) in [5, 5.41) is 0. The van der Waals surface area contributed by atoms with Gasteiger partial charge in [-0.1, -0.05) is 68.7 Å². The molecule has 3 rings (SSSR count). The van der Waals surface area contributed by atoms with E-state index >= 15 is 0 Å². The summed E-state index contributed by atoms with van der Waals surface area (Å²) < 4.78 is 0. The predicted octanol–water partition coefficient (Wildman–Crippen LogP) is 7.51. The van der Waals surface area contributed by atoms with Crippen LogP contribution in [-0.2, 0) is 6.42 Å². The molecule has 0 heterocycles. The molecule has 29 heavy (non-hydrogen) atoms. The molecule has 0 atom stereocenters. The Bertz CT molecular complexity index is 854. The maximum atomic E-state index is 3.32. The van der Waals surface area contributed by atoms with Gasteiger partial charge in [0.1, 0.15) is 0 Å².